The van der Waals surface area contributed by atoms with E-state index in [1.54, 1.807) is 50.2 Å². The maximum atomic E-state index is 12.8. The van der Waals surface area contributed by atoms with Gasteiger partial charge in [0, 0.05) is 16.7 Å². The van der Waals surface area contributed by atoms with Crippen molar-refractivity contribution in [3.05, 3.63) is 136 Å². The van der Waals surface area contributed by atoms with Crippen LogP contribution in [0.2, 0.25) is 0 Å². The summed E-state index contributed by atoms with van der Waals surface area (Å²) in [6.45, 7) is 19.9. The molecular weight excluding hydrogens is 724 g/mol. The highest BCUT2D eigenvalue weighted by atomic mass is 79.9. The summed E-state index contributed by atoms with van der Waals surface area (Å²) in [6.07, 6.45) is 0. The molecule has 0 aliphatic heterocycles. The van der Waals surface area contributed by atoms with Gasteiger partial charge in [-0.2, -0.15) is 5.26 Å². The van der Waals surface area contributed by atoms with Crippen LogP contribution in [0.15, 0.2) is 84.9 Å². The predicted molar refractivity (Wildman–Crippen MR) is 197 cm³/mol. The van der Waals surface area contributed by atoms with Crippen LogP contribution in [0, 0.1) is 50.0 Å². The molecule has 0 aliphatic carbocycles. The first kappa shape index (κ1) is 43.4. The van der Waals surface area contributed by atoms with Crippen molar-refractivity contribution >= 4 is 50.5 Å². The first-order valence-electron chi connectivity index (χ1n) is 14.7. The number of hydrogen-bond donors (Lipinski definition) is 4. The second-order valence-electron chi connectivity index (χ2n) is 11.2. The number of benzene rings is 4. The molecule has 2 atom stereocenters. The van der Waals surface area contributed by atoms with Gasteiger partial charge in [0.2, 0.25) is 0 Å². The van der Waals surface area contributed by atoms with Gasteiger partial charge in [-0.25, -0.2) is 18.5 Å². The summed E-state index contributed by atoms with van der Waals surface area (Å²) >= 11 is 3.07. The highest BCUT2D eigenvalue weighted by Gasteiger charge is 2.32. The standard InChI is InChI=1S/C18H17FN2O3.C12H13BrN2O2.C7H4FN.CH4/c1-12-10-14(6-9-16(12)20-3)21-17(22)18(2,23)11-24-15-7-4-13(19)5-8-15;1-8-6-9(4-5-10(8)14-3)15-11(16)12(2,17)7-13;8-7-3-1-6(5-9)2-4-7;/h4-10,23H,11H2,1-2H3,(H,21,22);4-6,17H,7H2,1-2H3,(H,15,16);1-4H;1H4/t18-;12-;;/m00../s1. The van der Waals surface area contributed by atoms with E-state index in [1.165, 1.54) is 62.4 Å². The van der Waals surface area contributed by atoms with Crippen molar-refractivity contribution in [3.63, 3.8) is 0 Å². The molecule has 0 unspecified atom stereocenters. The Balaban J connectivity index is 0.000000418. The lowest BCUT2D eigenvalue weighted by Crippen LogP contribution is -2.45. The van der Waals surface area contributed by atoms with E-state index in [0.29, 0.717) is 34.1 Å². The number of aryl methyl sites for hydroxylation is 2. The summed E-state index contributed by atoms with van der Waals surface area (Å²) in [5, 5.41) is 33.6. The average molecular weight is 763 g/mol. The van der Waals surface area contributed by atoms with Crippen LogP contribution in [0.1, 0.15) is 38.0 Å². The van der Waals surface area contributed by atoms with Gasteiger partial charge >= 0.3 is 0 Å². The highest BCUT2D eigenvalue weighted by Crippen LogP contribution is 2.24. The number of anilines is 2. The smallest absolute Gasteiger partial charge is 0.259 e. The zero-order chi connectivity index (χ0) is 37.5. The summed E-state index contributed by atoms with van der Waals surface area (Å²) in [6, 6.07) is 22.4. The SMILES string of the molecule is C.N#Cc1ccc(F)cc1.[C-]#[N+]c1ccc(NC(=O)[C@@](C)(O)CBr)cc1C.[C-]#[N+]c1ccc(NC(=O)[C@@](C)(O)COc2ccc(F)cc2)cc1C. The molecule has 51 heavy (non-hydrogen) atoms. The number of carbonyl (C=O) groups excluding carboxylic acids is 2. The third-order valence-electron chi connectivity index (χ3n) is 6.70. The van der Waals surface area contributed by atoms with Crippen LogP contribution in [0.25, 0.3) is 9.69 Å². The highest BCUT2D eigenvalue weighted by molar-refractivity contribution is 9.09. The number of carbonyl (C=O) groups is 2. The Bertz CT molecular complexity index is 1910. The Hall–Kier alpha value is -5.65. The number of rotatable bonds is 8. The van der Waals surface area contributed by atoms with Crippen LogP contribution < -0.4 is 15.4 Å². The van der Waals surface area contributed by atoms with Crippen molar-refractivity contribution in [2.24, 2.45) is 0 Å². The van der Waals surface area contributed by atoms with Gasteiger partial charge in [-0.05, 0) is 112 Å². The van der Waals surface area contributed by atoms with Gasteiger partial charge in [0.25, 0.3) is 11.8 Å². The number of nitrogens with zero attached hydrogens (tertiary/aromatic N) is 3. The number of hydrogen-bond acceptors (Lipinski definition) is 6. The Morgan fingerprint density at radius 2 is 1.22 bits per heavy atom. The molecule has 4 aromatic rings. The fraction of sp³-hybridized carbons (Fsp3) is 0.237. The van der Waals surface area contributed by atoms with E-state index in [2.05, 4.69) is 36.3 Å². The molecule has 0 saturated heterocycles. The number of nitriles is 1. The van der Waals surface area contributed by atoms with Crippen molar-refractivity contribution in [1.29, 1.82) is 5.26 Å². The number of amides is 2. The maximum absolute atomic E-state index is 12.8. The third kappa shape index (κ3) is 14.0. The topological polar surface area (TPSA) is 140 Å². The zero-order valence-corrected chi connectivity index (χ0v) is 29.2. The molecule has 4 rings (SSSR count). The lowest BCUT2D eigenvalue weighted by atomic mass is 10.1. The molecule has 0 spiro atoms. The summed E-state index contributed by atoms with van der Waals surface area (Å²) in [4.78, 5) is 30.6. The molecule has 0 heterocycles. The van der Waals surface area contributed by atoms with Crippen LogP contribution >= 0.6 is 15.9 Å². The molecule has 0 saturated carbocycles. The maximum Gasteiger partial charge on any atom is 0.259 e. The molecule has 0 aromatic heterocycles. The number of nitrogens with one attached hydrogen (secondary N) is 2. The fourth-order valence-electron chi connectivity index (χ4n) is 3.65. The Morgan fingerprint density at radius 1 is 0.804 bits per heavy atom. The van der Waals surface area contributed by atoms with Crippen molar-refractivity contribution in [3.8, 4) is 11.8 Å². The Morgan fingerprint density at radius 3 is 1.59 bits per heavy atom. The van der Waals surface area contributed by atoms with Gasteiger partial charge in [-0.3, -0.25) is 9.59 Å². The number of halogens is 3. The lowest BCUT2D eigenvalue weighted by Gasteiger charge is -2.22. The minimum absolute atomic E-state index is 0. The van der Waals surface area contributed by atoms with Crippen LogP contribution in [0.4, 0.5) is 31.5 Å². The second-order valence-corrected chi connectivity index (χ2v) is 11.7. The van der Waals surface area contributed by atoms with Gasteiger partial charge in [0.05, 0.1) is 24.8 Å². The van der Waals surface area contributed by atoms with Crippen molar-refractivity contribution in [2.75, 3.05) is 22.6 Å². The van der Waals surface area contributed by atoms with Crippen LogP contribution in [-0.2, 0) is 9.59 Å². The number of alkyl halides is 1. The monoisotopic (exact) mass is 761 g/mol. The molecule has 0 fully saturated rings. The van der Waals surface area contributed by atoms with E-state index in [-0.39, 0.29) is 25.2 Å². The van der Waals surface area contributed by atoms with E-state index >= 15 is 0 Å². The molecule has 4 aromatic carbocycles. The average Bonchev–Trinajstić information content (AvgIpc) is 3.09. The van der Waals surface area contributed by atoms with Crippen LogP contribution in [-0.4, -0.2) is 45.2 Å². The van der Waals surface area contributed by atoms with E-state index in [0.717, 1.165) is 11.1 Å². The molecule has 0 aliphatic rings. The molecule has 13 heteroatoms. The first-order valence-corrected chi connectivity index (χ1v) is 15.8. The van der Waals surface area contributed by atoms with Gasteiger partial charge in [-0.15, -0.1) is 0 Å². The summed E-state index contributed by atoms with van der Waals surface area (Å²) in [5.74, 6) is -1.48. The van der Waals surface area contributed by atoms with Crippen molar-refractivity contribution in [1.82, 2.24) is 0 Å². The zero-order valence-electron chi connectivity index (χ0n) is 27.6. The summed E-state index contributed by atoms with van der Waals surface area (Å²) in [5.41, 5.74) is 0.869. The molecule has 4 N–H and O–H groups in total. The molecule has 10 nitrogen and oxygen atoms in total. The molecule has 0 bridgehead atoms. The van der Waals surface area contributed by atoms with E-state index in [4.69, 9.17) is 23.1 Å². The molecule has 2 amide bonds. The van der Waals surface area contributed by atoms with Gasteiger partial charge in [0.1, 0.15) is 29.6 Å². The summed E-state index contributed by atoms with van der Waals surface area (Å²) in [7, 11) is 0. The third-order valence-corrected chi connectivity index (χ3v) is 7.79. The van der Waals surface area contributed by atoms with E-state index in [9.17, 15) is 28.6 Å². The van der Waals surface area contributed by atoms with Crippen LogP contribution in [0.3, 0.4) is 0 Å². The Kier molecular flexibility index (Phi) is 17.1. The van der Waals surface area contributed by atoms with Gasteiger partial charge < -0.3 is 25.6 Å². The number of ether oxygens (including phenoxy) is 1. The van der Waals surface area contributed by atoms with Crippen molar-refractivity contribution in [2.45, 2.75) is 46.3 Å². The predicted octanol–water partition coefficient (Wildman–Crippen LogP) is 8.42. The van der Waals surface area contributed by atoms with E-state index < -0.39 is 28.8 Å². The molecular formula is C38H38BrF2N5O5. The minimum atomic E-state index is -1.78. The second kappa shape index (κ2) is 20.1. The fourth-order valence-corrected chi connectivity index (χ4v) is 3.91. The normalized spacial score (nSPS) is 12.0. The quantitative estimate of drug-likeness (QED) is 0.105. The molecule has 0 radical (unpaired) electrons. The first-order chi connectivity index (χ1) is 23.5. The van der Waals surface area contributed by atoms with Crippen LogP contribution in [0.5, 0.6) is 5.75 Å². The number of aliphatic hydroxyl groups is 2. The molecule has 266 valence electrons. The lowest BCUT2D eigenvalue weighted by molar-refractivity contribution is -0.135. The Labute approximate surface area is 305 Å². The van der Waals surface area contributed by atoms with Gasteiger partial charge in [-0.1, -0.05) is 35.5 Å². The van der Waals surface area contributed by atoms with Crippen molar-refractivity contribution < 1.29 is 33.3 Å². The minimum Gasteiger partial charge on any atom is -0.490 e. The van der Waals surface area contributed by atoms with Gasteiger partial charge in [0.15, 0.2) is 17.0 Å². The summed E-state index contributed by atoms with van der Waals surface area (Å²) < 4.78 is 30.3. The van der Waals surface area contributed by atoms with E-state index in [1.807, 2.05) is 6.07 Å². The largest absolute Gasteiger partial charge is 0.490 e.